The molecule has 2 heteroatoms. The molecule has 1 saturated heterocycles. The maximum atomic E-state index is 10.9. The van der Waals surface area contributed by atoms with E-state index >= 15 is 0 Å². The molecule has 0 aromatic heterocycles. The largest absolute Gasteiger partial charge is 0.343 e. The zero-order chi connectivity index (χ0) is 6.85. The summed E-state index contributed by atoms with van der Waals surface area (Å²) in [7, 11) is 1.89. The fourth-order valence-corrected chi connectivity index (χ4v) is 1.34. The van der Waals surface area contributed by atoms with Gasteiger partial charge in [-0.05, 0) is 12.8 Å². The number of nitrogens with zero attached hydrogens (tertiary/aromatic N) is 1. The van der Waals surface area contributed by atoms with Gasteiger partial charge < -0.3 is 4.90 Å². The smallest absolute Gasteiger partial charge is 0.222 e. The first-order chi connectivity index (χ1) is 4.25. The molecule has 1 atom stereocenters. The molecule has 0 bridgehead atoms. The van der Waals surface area contributed by atoms with Gasteiger partial charge in [-0.1, -0.05) is 6.92 Å². The van der Waals surface area contributed by atoms with Gasteiger partial charge in [0, 0.05) is 19.5 Å². The minimum Gasteiger partial charge on any atom is -0.343 e. The van der Waals surface area contributed by atoms with Gasteiger partial charge in [-0.2, -0.15) is 0 Å². The molecular weight excluding hydrogens is 114 g/mol. The van der Waals surface area contributed by atoms with Crippen LogP contribution in [0.25, 0.3) is 0 Å². The van der Waals surface area contributed by atoms with Crippen LogP contribution < -0.4 is 0 Å². The summed E-state index contributed by atoms with van der Waals surface area (Å²) in [5, 5.41) is 0. The number of amides is 1. The summed E-state index contributed by atoms with van der Waals surface area (Å²) in [6.45, 7) is 2.12. The summed E-state index contributed by atoms with van der Waals surface area (Å²) in [6.07, 6.45) is 2.92. The summed E-state index contributed by atoms with van der Waals surface area (Å²) in [6, 6.07) is 0.525. The Morgan fingerprint density at radius 1 is 1.78 bits per heavy atom. The number of likely N-dealkylation sites (tertiary alicyclic amines) is 1. The van der Waals surface area contributed by atoms with Crippen LogP contribution in [0.3, 0.4) is 0 Å². The molecule has 0 spiro atoms. The van der Waals surface area contributed by atoms with Crippen molar-refractivity contribution >= 4 is 5.91 Å². The van der Waals surface area contributed by atoms with Gasteiger partial charge in [0.2, 0.25) is 5.91 Å². The monoisotopic (exact) mass is 127 g/mol. The van der Waals surface area contributed by atoms with Gasteiger partial charge in [-0.15, -0.1) is 0 Å². The molecule has 0 aromatic carbocycles. The average Bonchev–Trinajstić information content (AvgIpc) is 2.15. The van der Waals surface area contributed by atoms with E-state index in [0.29, 0.717) is 11.9 Å². The highest BCUT2D eigenvalue weighted by molar-refractivity contribution is 5.78. The summed E-state index contributed by atoms with van der Waals surface area (Å²) in [4.78, 5) is 12.7. The Bertz CT molecular complexity index is 122. The van der Waals surface area contributed by atoms with Gasteiger partial charge in [0.25, 0.3) is 0 Å². The van der Waals surface area contributed by atoms with E-state index in [1.807, 2.05) is 11.9 Å². The predicted octanol–water partition coefficient (Wildman–Crippen LogP) is 1.02. The molecule has 52 valence electrons. The van der Waals surface area contributed by atoms with E-state index in [1.54, 1.807) is 0 Å². The first-order valence-electron chi connectivity index (χ1n) is 3.51. The van der Waals surface area contributed by atoms with Crippen molar-refractivity contribution < 1.29 is 4.79 Å². The lowest BCUT2D eigenvalue weighted by molar-refractivity contribution is -0.127. The Morgan fingerprint density at radius 3 is 2.67 bits per heavy atom. The molecule has 1 fully saturated rings. The zero-order valence-corrected chi connectivity index (χ0v) is 6.05. The molecule has 2 nitrogen and oxygen atoms in total. The minimum atomic E-state index is 0.307. The van der Waals surface area contributed by atoms with E-state index in [0.717, 1.165) is 19.3 Å². The van der Waals surface area contributed by atoms with Crippen molar-refractivity contribution in [1.29, 1.82) is 0 Å². The maximum Gasteiger partial charge on any atom is 0.222 e. The number of carbonyl (C=O) groups is 1. The van der Waals surface area contributed by atoms with Crippen LogP contribution in [0, 0.1) is 0 Å². The first-order valence-corrected chi connectivity index (χ1v) is 3.51. The maximum absolute atomic E-state index is 10.9. The Labute approximate surface area is 55.8 Å². The molecule has 1 aliphatic rings. The van der Waals surface area contributed by atoms with Crippen LogP contribution in [0.4, 0.5) is 0 Å². The van der Waals surface area contributed by atoms with Crippen LogP contribution in [0.1, 0.15) is 26.2 Å². The second-order valence-corrected chi connectivity index (χ2v) is 2.61. The fraction of sp³-hybridized carbons (Fsp3) is 0.857. The lowest BCUT2D eigenvalue weighted by atomic mass is 10.2. The summed E-state index contributed by atoms with van der Waals surface area (Å²) >= 11 is 0. The Kier molecular flexibility index (Phi) is 1.74. The van der Waals surface area contributed by atoms with Gasteiger partial charge in [-0.3, -0.25) is 4.79 Å². The second kappa shape index (κ2) is 2.38. The van der Waals surface area contributed by atoms with Crippen molar-refractivity contribution in [2.45, 2.75) is 32.2 Å². The number of carbonyl (C=O) groups excluding carboxylic acids is 1. The van der Waals surface area contributed by atoms with Crippen LogP contribution in [0.15, 0.2) is 0 Å². The highest BCUT2D eigenvalue weighted by Crippen LogP contribution is 2.18. The summed E-state index contributed by atoms with van der Waals surface area (Å²) in [5.41, 5.74) is 0. The Morgan fingerprint density at radius 2 is 2.44 bits per heavy atom. The Hall–Kier alpha value is -0.530. The second-order valence-electron chi connectivity index (χ2n) is 2.61. The lowest BCUT2D eigenvalue weighted by Gasteiger charge is -2.16. The third kappa shape index (κ3) is 1.07. The van der Waals surface area contributed by atoms with Crippen molar-refractivity contribution in [3.8, 4) is 0 Å². The van der Waals surface area contributed by atoms with Gasteiger partial charge in [0.1, 0.15) is 0 Å². The summed E-state index contributed by atoms with van der Waals surface area (Å²) < 4.78 is 0. The third-order valence-corrected chi connectivity index (χ3v) is 2.10. The van der Waals surface area contributed by atoms with E-state index in [1.165, 1.54) is 0 Å². The van der Waals surface area contributed by atoms with Crippen LogP contribution in [-0.4, -0.2) is 23.9 Å². The number of hydrogen-bond donors (Lipinski definition) is 0. The molecule has 1 amide bonds. The number of rotatable bonds is 1. The van der Waals surface area contributed by atoms with E-state index in [9.17, 15) is 4.79 Å². The van der Waals surface area contributed by atoms with Crippen molar-refractivity contribution in [3.05, 3.63) is 0 Å². The first kappa shape index (κ1) is 6.59. The molecule has 0 saturated carbocycles. The van der Waals surface area contributed by atoms with Gasteiger partial charge in [0.05, 0.1) is 0 Å². The van der Waals surface area contributed by atoms with Crippen LogP contribution in [0.2, 0.25) is 0 Å². The minimum absolute atomic E-state index is 0.307. The van der Waals surface area contributed by atoms with Crippen molar-refractivity contribution in [3.63, 3.8) is 0 Å². The van der Waals surface area contributed by atoms with E-state index in [2.05, 4.69) is 6.92 Å². The molecule has 0 radical (unpaired) electrons. The normalized spacial score (nSPS) is 27.6. The predicted molar refractivity (Wildman–Crippen MR) is 36.1 cm³/mol. The van der Waals surface area contributed by atoms with Gasteiger partial charge in [0.15, 0.2) is 0 Å². The molecule has 1 rings (SSSR count). The summed E-state index contributed by atoms with van der Waals surface area (Å²) in [5.74, 6) is 0.307. The average molecular weight is 127 g/mol. The quantitative estimate of drug-likeness (QED) is 0.515. The molecule has 0 unspecified atom stereocenters. The highest BCUT2D eigenvalue weighted by Gasteiger charge is 2.25. The highest BCUT2D eigenvalue weighted by atomic mass is 16.2. The van der Waals surface area contributed by atoms with Gasteiger partial charge >= 0.3 is 0 Å². The van der Waals surface area contributed by atoms with E-state index in [-0.39, 0.29) is 0 Å². The molecule has 0 aromatic rings. The topological polar surface area (TPSA) is 20.3 Å². The fourth-order valence-electron chi connectivity index (χ4n) is 1.34. The molecule has 1 aliphatic heterocycles. The van der Waals surface area contributed by atoms with Crippen LogP contribution in [0.5, 0.6) is 0 Å². The molecule has 0 aliphatic carbocycles. The van der Waals surface area contributed by atoms with Crippen molar-refractivity contribution in [2.24, 2.45) is 0 Å². The third-order valence-electron chi connectivity index (χ3n) is 2.10. The molecule has 9 heavy (non-hydrogen) atoms. The Balaban J connectivity index is 2.51. The molecule has 1 heterocycles. The van der Waals surface area contributed by atoms with Crippen LogP contribution >= 0.6 is 0 Å². The van der Waals surface area contributed by atoms with E-state index < -0.39 is 0 Å². The lowest BCUT2D eigenvalue weighted by Crippen LogP contribution is -2.27. The molecule has 0 N–H and O–H groups in total. The van der Waals surface area contributed by atoms with Crippen LogP contribution in [-0.2, 0) is 4.79 Å². The van der Waals surface area contributed by atoms with Crippen molar-refractivity contribution in [1.82, 2.24) is 4.90 Å². The van der Waals surface area contributed by atoms with E-state index in [4.69, 9.17) is 0 Å². The van der Waals surface area contributed by atoms with Crippen molar-refractivity contribution in [2.75, 3.05) is 7.05 Å². The zero-order valence-electron chi connectivity index (χ0n) is 6.05. The molecular formula is C7H13NO. The standard InChI is InChI=1S/C7H13NO/c1-3-6-4-5-7(9)8(6)2/h6H,3-5H2,1-2H3/t6-/m0/s1. The van der Waals surface area contributed by atoms with Gasteiger partial charge in [-0.25, -0.2) is 0 Å². The number of hydrogen-bond acceptors (Lipinski definition) is 1. The SMILES string of the molecule is CC[C@H]1CCC(=O)N1C.